The minimum Gasteiger partial charge on any atom is -0.383 e. The molecule has 0 unspecified atom stereocenters. The molecule has 1 aliphatic rings. The Balaban J connectivity index is 1.89. The van der Waals surface area contributed by atoms with E-state index < -0.39 is 10.0 Å². The van der Waals surface area contributed by atoms with Crippen molar-refractivity contribution in [3.63, 3.8) is 0 Å². The standard InChI is InChI=1S/C21H28N2O4S2/c1-17-8-9-19(29(25,26)23-10-4-3-5-11-23)15-20(17)21(24)22(12-13-27-2)16-18-7-6-14-28-18/h6-9,14-15H,3-5,10-13,16H2,1-2H3. The number of ether oxygens (including phenoxy) is 1. The van der Waals surface area contributed by atoms with Gasteiger partial charge >= 0.3 is 0 Å². The van der Waals surface area contributed by atoms with Gasteiger partial charge in [-0.3, -0.25) is 4.79 Å². The summed E-state index contributed by atoms with van der Waals surface area (Å²) in [5, 5.41) is 1.98. The molecular formula is C21H28N2O4S2. The van der Waals surface area contributed by atoms with Crippen LogP contribution >= 0.6 is 11.3 Å². The Hall–Kier alpha value is -1.74. The van der Waals surface area contributed by atoms with Gasteiger partial charge < -0.3 is 9.64 Å². The van der Waals surface area contributed by atoms with E-state index in [0.29, 0.717) is 38.3 Å². The highest BCUT2D eigenvalue weighted by Gasteiger charge is 2.28. The summed E-state index contributed by atoms with van der Waals surface area (Å²) in [7, 11) is -1.99. The van der Waals surface area contributed by atoms with Crippen LogP contribution in [0.15, 0.2) is 40.6 Å². The van der Waals surface area contributed by atoms with Crippen LogP contribution in [0, 0.1) is 6.92 Å². The molecule has 0 spiro atoms. The first-order valence-corrected chi connectivity index (χ1v) is 12.2. The molecule has 0 aliphatic carbocycles. The van der Waals surface area contributed by atoms with Crippen molar-refractivity contribution >= 4 is 27.3 Å². The molecule has 0 N–H and O–H groups in total. The van der Waals surface area contributed by atoms with Gasteiger partial charge in [0.15, 0.2) is 0 Å². The summed E-state index contributed by atoms with van der Waals surface area (Å²) in [5.41, 5.74) is 1.19. The molecule has 3 rings (SSSR count). The van der Waals surface area contributed by atoms with Crippen LogP contribution in [0.4, 0.5) is 0 Å². The zero-order valence-electron chi connectivity index (χ0n) is 17.0. The summed E-state index contributed by atoms with van der Waals surface area (Å²) >= 11 is 1.59. The van der Waals surface area contributed by atoms with E-state index in [2.05, 4.69) is 0 Å². The van der Waals surface area contributed by atoms with Crippen molar-refractivity contribution in [1.29, 1.82) is 0 Å². The number of carbonyl (C=O) groups excluding carboxylic acids is 1. The van der Waals surface area contributed by atoms with Crippen molar-refractivity contribution in [1.82, 2.24) is 9.21 Å². The molecular weight excluding hydrogens is 408 g/mol. The second kappa shape index (κ2) is 9.84. The Bertz CT molecular complexity index is 920. The number of benzene rings is 1. The monoisotopic (exact) mass is 436 g/mol. The fourth-order valence-electron chi connectivity index (χ4n) is 3.46. The third-order valence-electron chi connectivity index (χ3n) is 5.17. The highest BCUT2D eigenvalue weighted by Crippen LogP contribution is 2.24. The minimum absolute atomic E-state index is 0.177. The van der Waals surface area contributed by atoms with Gasteiger partial charge in [-0.2, -0.15) is 4.31 Å². The number of hydrogen-bond acceptors (Lipinski definition) is 5. The molecule has 158 valence electrons. The van der Waals surface area contributed by atoms with Crippen LogP contribution in [-0.2, 0) is 21.3 Å². The van der Waals surface area contributed by atoms with Crippen molar-refractivity contribution < 1.29 is 17.9 Å². The first-order valence-electron chi connectivity index (χ1n) is 9.85. The number of aryl methyl sites for hydroxylation is 1. The van der Waals surface area contributed by atoms with Crippen molar-refractivity contribution in [2.45, 2.75) is 37.6 Å². The van der Waals surface area contributed by atoms with Gasteiger partial charge in [-0.15, -0.1) is 11.3 Å². The van der Waals surface area contributed by atoms with Crippen molar-refractivity contribution in [2.75, 3.05) is 33.4 Å². The molecule has 8 heteroatoms. The number of methoxy groups -OCH3 is 1. The average molecular weight is 437 g/mol. The highest BCUT2D eigenvalue weighted by atomic mass is 32.2. The maximum absolute atomic E-state index is 13.3. The molecule has 0 bridgehead atoms. The number of thiophene rings is 1. The Morgan fingerprint density at radius 2 is 1.97 bits per heavy atom. The smallest absolute Gasteiger partial charge is 0.254 e. The second-order valence-electron chi connectivity index (χ2n) is 7.24. The Morgan fingerprint density at radius 3 is 2.62 bits per heavy atom. The van der Waals surface area contributed by atoms with Crippen LogP contribution in [0.2, 0.25) is 0 Å². The lowest BCUT2D eigenvalue weighted by Crippen LogP contribution is -2.36. The highest BCUT2D eigenvalue weighted by molar-refractivity contribution is 7.89. The predicted octanol–water partition coefficient (Wildman–Crippen LogP) is 3.52. The third kappa shape index (κ3) is 5.25. The molecule has 0 radical (unpaired) electrons. The Labute approximate surface area is 177 Å². The molecule has 1 aromatic carbocycles. The van der Waals surface area contributed by atoms with E-state index in [1.807, 2.05) is 24.4 Å². The summed E-state index contributed by atoms with van der Waals surface area (Å²) in [6.07, 6.45) is 2.81. The van der Waals surface area contributed by atoms with Gasteiger partial charge in [0.2, 0.25) is 10.0 Å². The molecule has 2 aromatic rings. The van der Waals surface area contributed by atoms with Gasteiger partial charge in [0.05, 0.1) is 18.0 Å². The molecule has 6 nitrogen and oxygen atoms in total. The lowest BCUT2D eigenvalue weighted by Gasteiger charge is -2.27. The average Bonchev–Trinajstić information content (AvgIpc) is 3.24. The van der Waals surface area contributed by atoms with Gasteiger partial charge in [-0.05, 0) is 48.9 Å². The van der Waals surface area contributed by atoms with Crippen LogP contribution < -0.4 is 0 Å². The van der Waals surface area contributed by atoms with Crippen molar-refractivity contribution in [3.05, 3.63) is 51.7 Å². The maximum atomic E-state index is 13.3. The van der Waals surface area contributed by atoms with Gasteiger partial charge in [-0.25, -0.2) is 8.42 Å². The van der Waals surface area contributed by atoms with Gasteiger partial charge in [0.1, 0.15) is 0 Å². The first kappa shape index (κ1) is 22.0. The van der Waals surface area contributed by atoms with Gasteiger partial charge in [0, 0.05) is 37.2 Å². The van der Waals surface area contributed by atoms with Gasteiger partial charge in [-0.1, -0.05) is 18.6 Å². The fraction of sp³-hybridized carbons (Fsp3) is 0.476. The third-order valence-corrected chi connectivity index (χ3v) is 7.93. The zero-order chi connectivity index (χ0) is 20.9. The van der Waals surface area contributed by atoms with Crippen LogP contribution in [0.25, 0.3) is 0 Å². The number of piperidine rings is 1. The summed E-state index contributed by atoms with van der Waals surface area (Å²) in [5.74, 6) is -0.177. The maximum Gasteiger partial charge on any atom is 0.254 e. The normalized spacial score (nSPS) is 15.4. The van der Waals surface area contributed by atoms with E-state index in [1.165, 1.54) is 10.4 Å². The van der Waals surface area contributed by atoms with Crippen LogP contribution in [-0.4, -0.2) is 56.9 Å². The lowest BCUT2D eigenvalue weighted by atomic mass is 10.1. The SMILES string of the molecule is COCCN(Cc1cccs1)C(=O)c1cc(S(=O)(=O)N2CCCCC2)ccc1C. The molecule has 1 amide bonds. The van der Waals surface area contributed by atoms with E-state index >= 15 is 0 Å². The lowest BCUT2D eigenvalue weighted by molar-refractivity contribution is 0.0681. The number of amides is 1. The molecule has 0 saturated carbocycles. The zero-order valence-corrected chi connectivity index (χ0v) is 18.6. The van der Waals surface area contributed by atoms with E-state index in [1.54, 1.807) is 35.5 Å². The topological polar surface area (TPSA) is 66.9 Å². The number of sulfonamides is 1. The molecule has 1 aromatic heterocycles. The van der Waals surface area contributed by atoms with E-state index in [0.717, 1.165) is 29.7 Å². The molecule has 2 heterocycles. The second-order valence-corrected chi connectivity index (χ2v) is 10.2. The number of rotatable bonds is 8. The molecule has 1 aliphatic heterocycles. The predicted molar refractivity (Wildman–Crippen MR) is 115 cm³/mol. The quantitative estimate of drug-likeness (QED) is 0.635. The Morgan fingerprint density at radius 1 is 1.21 bits per heavy atom. The van der Waals surface area contributed by atoms with E-state index in [-0.39, 0.29) is 10.8 Å². The molecule has 1 fully saturated rings. The molecule has 0 atom stereocenters. The Kier molecular flexibility index (Phi) is 7.45. The van der Waals surface area contributed by atoms with E-state index in [9.17, 15) is 13.2 Å². The van der Waals surface area contributed by atoms with Crippen molar-refractivity contribution in [3.8, 4) is 0 Å². The largest absolute Gasteiger partial charge is 0.383 e. The van der Waals surface area contributed by atoms with Crippen LogP contribution in [0.3, 0.4) is 0 Å². The first-order chi connectivity index (χ1) is 13.9. The van der Waals surface area contributed by atoms with Gasteiger partial charge in [0.25, 0.3) is 5.91 Å². The number of nitrogens with zero attached hydrogens (tertiary/aromatic N) is 2. The summed E-state index contributed by atoms with van der Waals surface area (Å²) in [4.78, 5) is 16.3. The molecule has 1 saturated heterocycles. The summed E-state index contributed by atoms with van der Waals surface area (Å²) in [6, 6.07) is 8.81. The van der Waals surface area contributed by atoms with E-state index in [4.69, 9.17) is 4.74 Å². The summed E-state index contributed by atoms with van der Waals surface area (Å²) in [6.45, 7) is 4.25. The van der Waals surface area contributed by atoms with Crippen molar-refractivity contribution in [2.24, 2.45) is 0 Å². The number of carbonyl (C=O) groups is 1. The van der Waals surface area contributed by atoms with Crippen LogP contribution in [0.5, 0.6) is 0 Å². The minimum atomic E-state index is -3.59. The number of hydrogen-bond donors (Lipinski definition) is 0. The van der Waals surface area contributed by atoms with Crippen LogP contribution in [0.1, 0.15) is 40.1 Å². The molecule has 29 heavy (non-hydrogen) atoms. The summed E-state index contributed by atoms with van der Waals surface area (Å²) < 4.78 is 32.8. The fourth-order valence-corrected chi connectivity index (χ4v) is 5.72.